The van der Waals surface area contributed by atoms with Crippen LogP contribution in [0.3, 0.4) is 0 Å². The predicted octanol–water partition coefficient (Wildman–Crippen LogP) is 6.47. The van der Waals surface area contributed by atoms with Crippen LogP contribution in [0.1, 0.15) is 65.7 Å². The molecule has 2 nitrogen and oxygen atoms in total. The first kappa shape index (κ1) is 23.6. The first-order valence-corrected chi connectivity index (χ1v) is 17.5. The minimum atomic E-state index is -4.32. The number of nitrogens with zero attached hydrogens (tertiary/aromatic N) is 1. The molecule has 0 aliphatic carbocycles. The van der Waals surface area contributed by atoms with E-state index in [2.05, 4.69) is 25.8 Å². The van der Waals surface area contributed by atoms with Crippen molar-refractivity contribution in [1.29, 1.82) is 0 Å². The van der Waals surface area contributed by atoms with E-state index in [4.69, 9.17) is 4.74 Å². The Balaban J connectivity index is 2.97. The second-order valence-electron chi connectivity index (χ2n) is 7.23. The summed E-state index contributed by atoms with van der Waals surface area (Å²) in [6.07, 6.45) is 5.75. The molecule has 6 heteroatoms. The van der Waals surface area contributed by atoms with Gasteiger partial charge in [-0.2, -0.15) is 0 Å². The molecule has 0 amide bonds. The van der Waals surface area contributed by atoms with Crippen LogP contribution >= 0.6 is 0 Å². The Morgan fingerprint density at radius 1 is 0.885 bits per heavy atom. The molecule has 0 aromatic carbocycles. The van der Waals surface area contributed by atoms with Gasteiger partial charge in [0.2, 0.25) is 0 Å². The number of unbranched alkanes of at least 4 members (excludes halogenated alkanes) is 4. The summed E-state index contributed by atoms with van der Waals surface area (Å²) in [5.41, 5.74) is 0. The molecule has 0 fully saturated rings. The summed E-state index contributed by atoms with van der Waals surface area (Å²) in [6, 6.07) is 3.66. The third kappa shape index (κ3) is 8.49. The van der Waals surface area contributed by atoms with Gasteiger partial charge in [-0.25, -0.2) is 0 Å². The van der Waals surface area contributed by atoms with Gasteiger partial charge in [0.1, 0.15) is 0 Å². The van der Waals surface area contributed by atoms with E-state index >= 15 is 0 Å². The van der Waals surface area contributed by atoms with E-state index in [0.29, 0.717) is 0 Å². The van der Waals surface area contributed by atoms with Gasteiger partial charge in [0.15, 0.2) is 0 Å². The first-order chi connectivity index (χ1) is 12.4. The summed E-state index contributed by atoms with van der Waals surface area (Å²) in [5, 5.41) is 0. The van der Waals surface area contributed by atoms with Crippen LogP contribution in [-0.4, -0.2) is 36.1 Å². The molecule has 0 atom stereocenters. The van der Waals surface area contributed by atoms with E-state index in [1.165, 1.54) is 68.2 Å². The maximum atomic E-state index is 12.3. The predicted molar refractivity (Wildman–Crippen MR) is 105 cm³/mol. The van der Waals surface area contributed by atoms with Gasteiger partial charge in [0, 0.05) is 0 Å². The van der Waals surface area contributed by atoms with E-state index in [1.54, 1.807) is 6.07 Å². The van der Waals surface area contributed by atoms with Gasteiger partial charge in [-0.15, -0.1) is 0 Å². The zero-order valence-electron chi connectivity index (χ0n) is 16.5. The molecule has 0 unspecified atom stereocenters. The Labute approximate surface area is 160 Å². The molecule has 0 saturated carbocycles. The molecule has 26 heavy (non-hydrogen) atoms. The average molecular weight is 480 g/mol. The molecule has 1 aromatic rings. The minimum absolute atomic E-state index is 0.214. The van der Waals surface area contributed by atoms with E-state index in [-0.39, 0.29) is 5.75 Å². The van der Waals surface area contributed by atoms with Gasteiger partial charge in [0.05, 0.1) is 0 Å². The number of pyridine rings is 1. The Morgan fingerprint density at radius 3 is 1.92 bits per heavy atom. The van der Waals surface area contributed by atoms with E-state index in [1.807, 2.05) is 6.07 Å². The molecule has 0 bridgehead atoms. The first-order valence-electron chi connectivity index (χ1n) is 10.0. The molecule has 0 aliphatic rings. The van der Waals surface area contributed by atoms with E-state index in [0.717, 1.165) is 0 Å². The van der Waals surface area contributed by atoms with Gasteiger partial charge in [-0.1, -0.05) is 0 Å². The van der Waals surface area contributed by atoms with Crippen molar-refractivity contribution >= 4 is 22.1 Å². The fraction of sp³-hybridized carbons (Fsp3) is 0.750. The van der Waals surface area contributed by atoms with E-state index < -0.39 is 31.2 Å². The van der Waals surface area contributed by atoms with Gasteiger partial charge in [-0.05, 0) is 0 Å². The average Bonchev–Trinajstić information content (AvgIpc) is 2.62. The van der Waals surface area contributed by atoms with Crippen LogP contribution in [0.4, 0.5) is 13.2 Å². The topological polar surface area (TPSA) is 22.1 Å². The monoisotopic (exact) mass is 481 g/mol. The number of hydrogen-bond donors (Lipinski definition) is 0. The molecule has 0 radical (unpaired) electrons. The molecule has 1 aromatic heterocycles. The van der Waals surface area contributed by atoms with Crippen LogP contribution < -0.4 is 8.45 Å². The number of ether oxygens (including phenoxy) is 1. The SMILES string of the molecule is CCCC[CH2][Sn]([CH2]CCC)([CH2]CCC)[c]1ccc(OCC(F)(F)F)cn1. The zero-order chi connectivity index (χ0) is 19.5. The molecule has 150 valence electrons. The maximum absolute atomic E-state index is 12.3. The second-order valence-corrected chi connectivity index (χ2v) is 20.3. The van der Waals surface area contributed by atoms with Gasteiger partial charge >= 0.3 is 161 Å². The molecular weight excluding hydrogens is 446 g/mol. The van der Waals surface area contributed by atoms with Crippen molar-refractivity contribution in [3.8, 4) is 5.75 Å². The second kappa shape index (κ2) is 12.1. The van der Waals surface area contributed by atoms with Gasteiger partial charge in [-0.3, -0.25) is 0 Å². The fourth-order valence-corrected chi connectivity index (χ4v) is 18.5. The number of alkyl halides is 3. The van der Waals surface area contributed by atoms with Crippen molar-refractivity contribution in [3.63, 3.8) is 0 Å². The van der Waals surface area contributed by atoms with Crippen molar-refractivity contribution in [2.75, 3.05) is 6.61 Å². The molecule has 1 heterocycles. The molecule has 1 rings (SSSR count). The summed E-state index contributed by atoms with van der Waals surface area (Å²) in [5.74, 6) is 0.214. The zero-order valence-corrected chi connectivity index (χ0v) is 19.4. The summed E-state index contributed by atoms with van der Waals surface area (Å²) >= 11 is -2.62. The van der Waals surface area contributed by atoms with Gasteiger partial charge < -0.3 is 0 Å². The van der Waals surface area contributed by atoms with Crippen LogP contribution in [0.25, 0.3) is 0 Å². The van der Waals surface area contributed by atoms with Crippen molar-refractivity contribution in [2.24, 2.45) is 0 Å². The quantitative estimate of drug-likeness (QED) is 0.239. The Morgan fingerprint density at radius 2 is 1.46 bits per heavy atom. The third-order valence-electron chi connectivity index (χ3n) is 4.96. The summed E-state index contributed by atoms with van der Waals surface area (Å²) in [7, 11) is 0. The van der Waals surface area contributed by atoms with Crippen molar-refractivity contribution < 1.29 is 17.9 Å². The normalized spacial score (nSPS) is 12.4. The summed E-state index contributed by atoms with van der Waals surface area (Å²) in [4.78, 5) is 4.64. The molecule has 0 aliphatic heterocycles. The van der Waals surface area contributed by atoms with Crippen LogP contribution in [0.2, 0.25) is 13.3 Å². The summed E-state index contributed by atoms with van der Waals surface area (Å²) in [6.45, 7) is 5.42. The fourth-order valence-electron chi connectivity index (χ4n) is 3.45. The Bertz CT molecular complexity index is 483. The summed E-state index contributed by atoms with van der Waals surface area (Å²) < 4.78 is 46.9. The Kier molecular flexibility index (Phi) is 11.0. The number of rotatable bonds is 13. The van der Waals surface area contributed by atoms with Gasteiger partial charge in [0.25, 0.3) is 0 Å². The molecule has 0 saturated heterocycles. The van der Waals surface area contributed by atoms with Crippen molar-refractivity contribution in [2.45, 2.75) is 85.2 Å². The van der Waals surface area contributed by atoms with E-state index in [9.17, 15) is 13.2 Å². The van der Waals surface area contributed by atoms with Crippen LogP contribution in [0.5, 0.6) is 5.75 Å². The third-order valence-corrected chi connectivity index (χ3v) is 20.1. The van der Waals surface area contributed by atoms with Crippen molar-refractivity contribution in [3.05, 3.63) is 18.3 Å². The number of aromatic nitrogens is 1. The number of halogens is 3. The van der Waals surface area contributed by atoms with Crippen LogP contribution in [0, 0.1) is 0 Å². The standard InChI is InChI=1S/C7H5F3NO.C5H11.2C4H9.Sn/c8-7(9,10)5-12-6-2-1-3-11-4-6;1-3-5-4-2;2*1-3-4-2;/h1-2,4H,5H2;1,3-5H2,2H3;2*1,3-4H2,2H3;. The van der Waals surface area contributed by atoms with Crippen molar-refractivity contribution in [1.82, 2.24) is 4.98 Å². The molecule has 0 spiro atoms. The molecule has 0 N–H and O–H groups in total. The number of hydrogen-bond acceptors (Lipinski definition) is 2. The van der Waals surface area contributed by atoms with Crippen LogP contribution in [-0.2, 0) is 0 Å². The Hall–Kier alpha value is -0.461. The van der Waals surface area contributed by atoms with Crippen LogP contribution in [0.15, 0.2) is 18.3 Å². The molecular formula is C20H34F3NOSn.